The van der Waals surface area contributed by atoms with Gasteiger partial charge in [-0.3, -0.25) is 15.4 Å². The van der Waals surface area contributed by atoms with Gasteiger partial charge in [-0.1, -0.05) is 13.3 Å². The summed E-state index contributed by atoms with van der Waals surface area (Å²) in [6.07, 6.45) is 1.36. The molecule has 0 aromatic carbocycles. The number of hydrogen-bond acceptors (Lipinski definition) is 4. The molecule has 5 nitrogen and oxygen atoms in total. The maximum absolute atomic E-state index is 11.6. The van der Waals surface area contributed by atoms with Crippen molar-refractivity contribution in [2.75, 3.05) is 0 Å². The Morgan fingerprint density at radius 1 is 1.33 bits per heavy atom. The molecule has 0 bridgehead atoms. The van der Waals surface area contributed by atoms with E-state index in [-0.39, 0.29) is 0 Å². The Hall–Kier alpha value is -0.940. The Kier molecular flexibility index (Phi) is 5.46. The van der Waals surface area contributed by atoms with Crippen LogP contribution in [0.15, 0.2) is 0 Å². The van der Waals surface area contributed by atoms with Gasteiger partial charge in [-0.2, -0.15) is 0 Å². The Morgan fingerprint density at radius 2 is 1.87 bits per heavy atom. The standard InChI is InChI=1S/C10H21N3O2/c1-5-6-7(13-11)8(14)9(15)12-10(2,3)4/h7,13H,5-6,11H2,1-4H3,(H,12,15). The second kappa shape index (κ2) is 5.82. The lowest BCUT2D eigenvalue weighted by Crippen LogP contribution is -2.52. The molecule has 0 aliphatic carbocycles. The van der Waals surface area contributed by atoms with Crippen LogP contribution in [0.2, 0.25) is 0 Å². The molecule has 0 fully saturated rings. The first kappa shape index (κ1) is 14.1. The van der Waals surface area contributed by atoms with E-state index in [1.807, 2.05) is 27.7 Å². The number of amides is 1. The Morgan fingerprint density at radius 3 is 2.20 bits per heavy atom. The van der Waals surface area contributed by atoms with Crippen molar-refractivity contribution in [2.45, 2.75) is 52.1 Å². The molecule has 1 atom stereocenters. The molecule has 0 saturated carbocycles. The fourth-order valence-corrected chi connectivity index (χ4v) is 1.14. The van der Waals surface area contributed by atoms with E-state index in [4.69, 9.17) is 5.84 Å². The molecular formula is C10H21N3O2. The Bertz CT molecular complexity index is 233. The molecule has 0 radical (unpaired) electrons. The van der Waals surface area contributed by atoms with Gasteiger partial charge in [-0.15, -0.1) is 0 Å². The van der Waals surface area contributed by atoms with Crippen LogP contribution in [0.3, 0.4) is 0 Å². The first-order valence-corrected chi connectivity index (χ1v) is 5.14. The number of Topliss-reactive ketones (excluding diaryl/α,β-unsaturated/α-hetero) is 1. The summed E-state index contributed by atoms with van der Waals surface area (Å²) in [5.74, 6) is 4.12. The van der Waals surface area contributed by atoms with E-state index in [2.05, 4.69) is 10.7 Å². The zero-order valence-corrected chi connectivity index (χ0v) is 9.89. The molecule has 88 valence electrons. The number of hydrazine groups is 1. The lowest BCUT2D eigenvalue weighted by molar-refractivity contribution is -0.140. The molecule has 0 rings (SSSR count). The molecule has 1 amide bonds. The van der Waals surface area contributed by atoms with Crippen LogP contribution in [0.5, 0.6) is 0 Å². The van der Waals surface area contributed by atoms with Crippen LogP contribution in [0.4, 0.5) is 0 Å². The van der Waals surface area contributed by atoms with Crippen molar-refractivity contribution in [3.05, 3.63) is 0 Å². The molecule has 0 heterocycles. The molecule has 4 N–H and O–H groups in total. The van der Waals surface area contributed by atoms with Crippen molar-refractivity contribution in [1.82, 2.24) is 10.7 Å². The van der Waals surface area contributed by atoms with Crippen LogP contribution in [-0.4, -0.2) is 23.3 Å². The van der Waals surface area contributed by atoms with E-state index in [9.17, 15) is 9.59 Å². The lowest BCUT2D eigenvalue weighted by Gasteiger charge is -2.21. The molecular weight excluding hydrogens is 194 g/mol. The number of nitrogens with two attached hydrogens (primary N) is 1. The summed E-state index contributed by atoms with van der Waals surface area (Å²) < 4.78 is 0. The quantitative estimate of drug-likeness (QED) is 0.345. The first-order valence-electron chi connectivity index (χ1n) is 5.14. The maximum Gasteiger partial charge on any atom is 0.289 e. The minimum atomic E-state index is -0.586. The van der Waals surface area contributed by atoms with Crippen molar-refractivity contribution in [1.29, 1.82) is 0 Å². The number of ketones is 1. The van der Waals surface area contributed by atoms with Crippen LogP contribution in [0.25, 0.3) is 0 Å². The third-order valence-corrected chi connectivity index (χ3v) is 1.81. The van der Waals surface area contributed by atoms with Gasteiger partial charge in [-0.05, 0) is 27.2 Å². The van der Waals surface area contributed by atoms with Crippen molar-refractivity contribution in [2.24, 2.45) is 5.84 Å². The fourth-order valence-electron chi connectivity index (χ4n) is 1.14. The van der Waals surface area contributed by atoms with Gasteiger partial charge in [0.1, 0.15) is 0 Å². The van der Waals surface area contributed by atoms with Gasteiger partial charge in [0.2, 0.25) is 5.78 Å². The highest BCUT2D eigenvalue weighted by Crippen LogP contribution is 2.01. The lowest BCUT2D eigenvalue weighted by atomic mass is 10.0. The molecule has 0 aliphatic rings. The molecule has 1 unspecified atom stereocenters. The van der Waals surface area contributed by atoms with E-state index in [1.165, 1.54) is 0 Å². The number of rotatable bonds is 5. The average molecular weight is 215 g/mol. The van der Waals surface area contributed by atoms with Gasteiger partial charge in [0.05, 0.1) is 6.04 Å². The maximum atomic E-state index is 11.6. The van der Waals surface area contributed by atoms with Gasteiger partial charge in [0.25, 0.3) is 5.91 Å². The normalized spacial score (nSPS) is 13.4. The summed E-state index contributed by atoms with van der Waals surface area (Å²) in [6, 6.07) is -0.586. The average Bonchev–Trinajstić information content (AvgIpc) is 2.10. The van der Waals surface area contributed by atoms with Crippen LogP contribution >= 0.6 is 0 Å². The summed E-state index contributed by atoms with van der Waals surface area (Å²) in [5, 5.41) is 2.61. The van der Waals surface area contributed by atoms with Crippen molar-refractivity contribution in [3.8, 4) is 0 Å². The highest BCUT2D eigenvalue weighted by atomic mass is 16.2. The Balaban J connectivity index is 4.36. The molecule has 5 heteroatoms. The van der Waals surface area contributed by atoms with E-state index >= 15 is 0 Å². The predicted octanol–water partition coefficient (Wildman–Crippen LogP) is 0.102. The topological polar surface area (TPSA) is 84.2 Å². The summed E-state index contributed by atoms with van der Waals surface area (Å²) >= 11 is 0. The van der Waals surface area contributed by atoms with Crippen molar-refractivity contribution < 1.29 is 9.59 Å². The molecule has 0 aromatic heterocycles. The minimum absolute atomic E-state index is 0.405. The van der Waals surface area contributed by atoms with Gasteiger partial charge in [-0.25, -0.2) is 5.43 Å². The zero-order valence-electron chi connectivity index (χ0n) is 9.89. The monoisotopic (exact) mass is 215 g/mol. The molecule has 0 saturated heterocycles. The first-order chi connectivity index (χ1) is 6.81. The van der Waals surface area contributed by atoms with Crippen LogP contribution < -0.4 is 16.6 Å². The smallest absolute Gasteiger partial charge is 0.289 e. The molecule has 0 spiro atoms. The van der Waals surface area contributed by atoms with E-state index in [1.54, 1.807) is 0 Å². The SMILES string of the molecule is CCCC(NN)C(=O)C(=O)NC(C)(C)C. The predicted molar refractivity (Wildman–Crippen MR) is 58.9 cm³/mol. The van der Waals surface area contributed by atoms with E-state index in [0.717, 1.165) is 6.42 Å². The number of hydrogen-bond donors (Lipinski definition) is 3. The van der Waals surface area contributed by atoms with Crippen LogP contribution in [0.1, 0.15) is 40.5 Å². The highest BCUT2D eigenvalue weighted by Gasteiger charge is 2.26. The van der Waals surface area contributed by atoms with Gasteiger partial charge < -0.3 is 5.32 Å². The number of nitrogens with one attached hydrogen (secondary N) is 2. The summed E-state index contributed by atoms with van der Waals surface area (Å²) in [5.41, 5.74) is 1.95. The van der Waals surface area contributed by atoms with E-state index in [0.29, 0.717) is 6.42 Å². The molecule has 15 heavy (non-hydrogen) atoms. The summed E-state index contributed by atoms with van der Waals surface area (Å²) in [7, 11) is 0. The largest absolute Gasteiger partial charge is 0.345 e. The number of carbonyl (C=O) groups excluding carboxylic acids is 2. The summed E-state index contributed by atoms with van der Waals surface area (Å²) in [6.45, 7) is 7.40. The van der Waals surface area contributed by atoms with Gasteiger partial charge in [0.15, 0.2) is 0 Å². The Labute approximate surface area is 90.8 Å². The fraction of sp³-hybridized carbons (Fsp3) is 0.800. The third-order valence-electron chi connectivity index (χ3n) is 1.81. The summed E-state index contributed by atoms with van der Waals surface area (Å²) in [4.78, 5) is 23.1. The molecule has 0 aromatic rings. The third kappa shape index (κ3) is 5.49. The molecule has 0 aliphatic heterocycles. The van der Waals surface area contributed by atoms with Gasteiger partial charge >= 0.3 is 0 Å². The van der Waals surface area contributed by atoms with Crippen LogP contribution in [-0.2, 0) is 9.59 Å². The van der Waals surface area contributed by atoms with Crippen molar-refractivity contribution >= 4 is 11.7 Å². The number of carbonyl (C=O) groups is 2. The minimum Gasteiger partial charge on any atom is -0.345 e. The highest BCUT2D eigenvalue weighted by molar-refractivity contribution is 6.38. The second-order valence-electron chi connectivity index (χ2n) is 4.58. The zero-order chi connectivity index (χ0) is 12.1. The van der Waals surface area contributed by atoms with E-state index < -0.39 is 23.3 Å². The van der Waals surface area contributed by atoms with Crippen molar-refractivity contribution in [3.63, 3.8) is 0 Å². The van der Waals surface area contributed by atoms with Crippen LogP contribution in [0, 0.1) is 0 Å². The second-order valence-corrected chi connectivity index (χ2v) is 4.58. The van der Waals surface area contributed by atoms with Gasteiger partial charge in [0, 0.05) is 5.54 Å².